The number of alkyl halides is 1. The van der Waals surface area contributed by atoms with Gasteiger partial charge in [-0.05, 0) is 26.3 Å². The number of halogens is 1. The first kappa shape index (κ1) is 10.5. The molecule has 1 saturated heterocycles. The van der Waals surface area contributed by atoms with E-state index in [1.165, 1.54) is 19.4 Å². The average molecular weight is 236 g/mol. The summed E-state index contributed by atoms with van der Waals surface area (Å²) in [6, 6.07) is 0. The lowest BCUT2D eigenvalue weighted by atomic mass is 10.2. The number of hydrogen-bond acceptors (Lipinski definition) is 2. The van der Waals surface area contributed by atoms with Crippen molar-refractivity contribution in [2.24, 2.45) is 0 Å². The van der Waals surface area contributed by atoms with E-state index in [4.69, 9.17) is 4.74 Å². The van der Waals surface area contributed by atoms with E-state index in [0.717, 1.165) is 25.0 Å². The minimum Gasteiger partial charge on any atom is -0.376 e. The van der Waals surface area contributed by atoms with Crippen LogP contribution in [0.5, 0.6) is 0 Å². The summed E-state index contributed by atoms with van der Waals surface area (Å²) in [7, 11) is 0. The highest BCUT2D eigenvalue weighted by atomic mass is 79.9. The minimum atomic E-state index is 0.433. The molecular formula is C9H18BrNO. The molecular weight excluding hydrogens is 218 g/mol. The molecule has 1 unspecified atom stereocenters. The second kappa shape index (κ2) is 5.95. The monoisotopic (exact) mass is 235 g/mol. The lowest BCUT2D eigenvalue weighted by Crippen LogP contribution is -2.41. The highest BCUT2D eigenvalue weighted by molar-refractivity contribution is 9.09. The largest absolute Gasteiger partial charge is 0.376 e. The van der Waals surface area contributed by atoms with E-state index in [9.17, 15) is 0 Å². The molecule has 0 saturated carbocycles. The first-order chi connectivity index (χ1) is 5.83. The average Bonchev–Trinajstić information content (AvgIpc) is 2.05. The van der Waals surface area contributed by atoms with Crippen LogP contribution in [0.15, 0.2) is 0 Å². The van der Waals surface area contributed by atoms with Gasteiger partial charge in [-0.2, -0.15) is 0 Å². The third-order valence-electron chi connectivity index (χ3n) is 2.18. The SMILES string of the molecule is CC1CN(CCCCBr)CCO1. The van der Waals surface area contributed by atoms with Crippen molar-refractivity contribution in [1.82, 2.24) is 4.90 Å². The van der Waals surface area contributed by atoms with Crippen molar-refractivity contribution in [3.05, 3.63) is 0 Å². The molecule has 1 atom stereocenters. The maximum atomic E-state index is 5.46. The van der Waals surface area contributed by atoms with E-state index in [2.05, 4.69) is 27.8 Å². The predicted octanol–water partition coefficient (Wildman–Crippen LogP) is 1.88. The summed E-state index contributed by atoms with van der Waals surface area (Å²) in [5, 5.41) is 1.13. The Morgan fingerprint density at radius 1 is 1.50 bits per heavy atom. The fraction of sp³-hybridized carbons (Fsp3) is 1.00. The Morgan fingerprint density at radius 3 is 3.00 bits per heavy atom. The first-order valence-corrected chi connectivity index (χ1v) is 5.85. The summed E-state index contributed by atoms with van der Waals surface area (Å²) in [6.45, 7) is 6.53. The first-order valence-electron chi connectivity index (χ1n) is 4.73. The maximum Gasteiger partial charge on any atom is 0.0674 e. The fourth-order valence-electron chi connectivity index (χ4n) is 1.52. The summed E-state index contributed by atoms with van der Waals surface area (Å²) in [5.41, 5.74) is 0. The van der Waals surface area contributed by atoms with Gasteiger partial charge in [-0.1, -0.05) is 15.9 Å². The summed E-state index contributed by atoms with van der Waals surface area (Å²) in [6.07, 6.45) is 3.02. The molecule has 1 rings (SSSR count). The van der Waals surface area contributed by atoms with Crippen molar-refractivity contribution in [3.63, 3.8) is 0 Å². The predicted molar refractivity (Wildman–Crippen MR) is 54.9 cm³/mol. The Bertz CT molecular complexity index is 121. The zero-order valence-corrected chi connectivity index (χ0v) is 9.35. The molecule has 0 aliphatic carbocycles. The zero-order chi connectivity index (χ0) is 8.81. The molecule has 0 spiro atoms. The molecule has 0 aromatic carbocycles. The molecule has 2 nitrogen and oxygen atoms in total. The molecule has 0 aromatic rings. The molecule has 1 heterocycles. The molecule has 12 heavy (non-hydrogen) atoms. The van der Waals surface area contributed by atoms with Crippen LogP contribution in [0, 0.1) is 0 Å². The molecule has 0 radical (unpaired) electrons. The van der Waals surface area contributed by atoms with Crippen molar-refractivity contribution in [3.8, 4) is 0 Å². The standard InChI is InChI=1S/C9H18BrNO/c1-9-8-11(6-7-12-9)5-3-2-4-10/h9H,2-8H2,1H3. The third-order valence-corrected chi connectivity index (χ3v) is 2.74. The Labute approximate surface area is 83.4 Å². The van der Waals surface area contributed by atoms with Gasteiger partial charge in [0.15, 0.2) is 0 Å². The van der Waals surface area contributed by atoms with Gasteiger partial charge in [0.25, 0.3) is 0 Å². The molecule has 1 fully saturated rings. The summed E-state index contributed by atoms with van der Waals surface area (Å²) in [4.78, 5) is 2.50. The number of unbranched alkanes of at least 4 members (excludes halogenated alkanes) is 1. The summed E-state index contributed by atoms with van der Waals surface area (Å²) >= 11 is 3.44. The molecule has 0 N–H and O–H groups in total. The van der Waals surface area contributed by atoms with E-state index in [1.807, 2.05) is 0 Å². The normalized spacial score (nSPS) is 26.0. The lowest BCUT2D eigenvalue weighted by molar-refractivity contribution is -0.0184. The van der Waals surface area contributed by atoms with Crippen molar-refractivity contribution in [1.29, 1.82) is 0 Å². The Balaban J connectivity index is 2.06. The van der Waals surface area contributed by atoms with Gasteiger partial charge >= 0.3 is 0 Å². The number of morpholine rings is 1. The van der Waals surface area contributed by atoms with Crippen LogP contribution in [0.3, 0.4) is 0 Å². The van der Waals surface area contributed by atoms with Crippen molar-refractivity contribution < 1.29 is 4.74 Å². The van der Waals surface area contributed by atoms with Crippen LogP contribution in [-0.2, 0) is 4.74 Å². The van der Waals surface area contributed by atoms with E-state index >= 15 is 0 Å². The Kier molecular flexibility index (Phi) is 5.19. The summed E-state index contributed by atoms with van der Waals surface area (Å²) < 4.78 is 5.46. The van der Waals surface area contributed by atoms with Gasteiger partial charge in [0.2, 0.25) is 0 Å². The van der Waals surface area contributed by atoms with Crippen LogP contribution in [0.1, 0.15) is 19.8 Å². The van der Waals surface area contributed by atoms with Gasteiger partial charge in [-0.15, -0.1) is 0 Å². The van der Waals surface area contributed by atoms with Gasteiger partial charge in [0.05, 0.1) is 12.7 Å². The number of nitrogens with zero attached hydrogens (tertiary/aromatic N) is 1. The second-order valence-corrected chi connectivity index (χ2v) is 4.17. The topological polar surface area (TPSA) is 12.5 Å². The lowest BCUT2D eigenvalue weighted by Gasteiger charge is -2.30. The zero-order valence-electron chi connectivity index (χ0n) is 7.76. The molecule has 0 bridgehead atoms. The number of ether oxygens (including phenoxy) is 1. The highest BCUT2D eigenvalue weighted by Crippen LogP contribution is 2.05. The van der Waals surface area contributed by atoms with Crippen molar-refractivity contribution >= 4 is 15.9 Å². The van der Waals surface area contributed by atoms with E-state index in [0.29, 0.717) is 6.10 Å². The van der Waals surface area contributed by atoms with Gasteiger partial charge in [-0.3, -0.25) is 4.90 Å². The molecule has 3 heteroatoms. The molecule has 0 amide bonds. The van der Waals surface area contributed by atoms with Crippen molar-refractivity contribution in [2.45, 2.75) is 25.9 Å². The smallest absolute Gasteiger partial charge is 0.0674 e. The highest BCUT2D eigenvalue weighted by Gasteiger charge is 2.15. The van der Waals surface area contributed by atoms with Crippen LogP contribution < -0.4 is 0 Å². The summed E-state index contributed by atoms with van der Waals surface area (Å²) in [5.74, 6) is 0. The Hall–Kier alpha value is 0.400. The van der Waals surface area contributed by atoms with E-state index in [-0.39, 0.29) is 0 Å². The third kappa shape index (κ3) is 3.87. The minimum absolute atomic E-state index is 0.433. The van der Waals surface area contributed by atoms with Gasteiger partial charge in [0, 0.05) is 18.4 Å². The van der Waals surface area contributed by atoms with Crippen LogP contribution in [0.2, 0.25) is 0 Å². The molecule has 0 aromatic heterocycles. The van der Waals surface area contributed by atoms with Gasteiger partial charge in [-0.25, -0.2) is 0 Å². The fourth-order valence-corrected chi connectivity index (χ4v) is 1.92. The van der Waals surface area contributed by atoms with E-state index < -0.39 is 0 Å². The molecule has 1 aliphatic heterocycles. The number of hydrogen-bond donors (Lipinski definition) is 0. The molecule has 1 aliphatic rings. The van der Waals surface area contributed by atoms with Crippen molar-refractivity contribution in [2.75, 3.05) is 31.6 Å². The van der Waals surface area contributed by atoms with Gasteiger partial charge in [0.1, 0.15) is 0 Å². The van der Waals surface area contributed by atoms with Crippen LogP contribution >= 0.6 is 15.9 Å². The van der Waals surface area contributed by atoms with E-state index in [1.54, 1.807) is 0 Å². The quantitative estimate of drug-likeness (QED) is 0.546. The molecule has 72 valence electrons. The maximum absolute atomic E-state index is 5.46. The van der Waals surface area contributed by atoms with Crippen LogP contribution in [0.25, 0.3) is 0 Å². The van der Waals surface area contributed by atoms with Crippen LogP contribution in [-0.4, -0.2) is 42.6 Å². The number of rotatable bonds is 4. The second-order valence-electron chi connectivity index (χ2n) is 3.38. The Morgan fingerprint density at radius 2 is 2.33 bits per heavy atom. The van der Waals surface area contributed by atoms with Gasteiger partial charge < -0.3 is 4.74 Å². The van der Waals surface area contributed by atoms with Crippen LogP contribution in [0.4, 0.5) is 0 Å².